The average Bonchev–Trinajstić information content (AvgIpc) is 2.94. The standard InChI is InChI=1S/C29H38ClN3O6S/c1-21(29(35)31-24-7-4-3-5-8-24)32(20-22-10-12-23(30)13-11-22)28(34)9-6-16-33(40(2,36)37)25-14-15-26-27(19-25)39-18-17-38-26/h10-15,19,21,24H,3-9,16-18,20H2,1-2H3,(H,31,35)/t21-/m1/s1. The molecule has 2 aliphatic rings. The fraction of sp³-hybridized carbons (Fsp3) is 0.517. The van der Waals surface area contributed by atoms with Crippen LogP contribution in [-0.4, -0.2) is 63.2 Å². The van der Waals surface area contributed by atoms with Gasteiger partial charge in [0, 0.05) is 36.6 Å². The van der Waals surface area contributed by atoms with E-state index in [0.29, 0.717) is 35.4 Å². The van der Waals surface area contributed by atoms with Crippen molar-refractivity contribution in [1.82, 2.24) is 10.2 Å². The quantitative estimate of drug-likeness (QED) is 0.412. The summed E-state index contributed by atoms with van der Waals surface area (Å²) in [7, 11) is -3.63. The molecule has 40 heavy (non-hydrogen) atoms. The minimum atomic E-state index is -3.63. The normalized spacial score (nSPS) is 16.2. The van der Waals surface area contributed by atoms with Crippen LogP contribution < -0.4 is 19.1 Å². The van der Waals surface area contributed by atoms with Gasteiger partial charge in [-0.15, -0.1) is 0 Å². The van der Waals surface area contributed by atoms with E-state index in [-0.39, 0.29) is 43.8 Å². The molecule has 218 valence electrons. The molecule has 1 saturated carbocycles. The van der Waals surface area contributed by atoms with Crippen molar-refractivity contribution >= 4 is 39.1 Å². The fourth-order valence-electron chi connectivity index (χ4n) is 5.13. The Kier molecular flexibility index (Phi) is 10.2. The Balaban J connectivity index is 1.45. The molecule has 0 radical (unpaired) electrons. The molecule has 0 bridgehead atoms. The van der Waals surface area contributed by atoms with Gasteiger partial charge in [0.15, 0.2) is 11.5 Å². The molecule has 0 saturated heterocycles. The maximum atomic E-state index is 13.5. The van der Waals surface area contributed by atoms with Crippen LogP contribution >= 0.6 is 11.6 Å². The highest BCUT2D eigenvalue weighted by Crippen LogP contribution is 2.34. The van der Waals surface area contributed by atoms with Gasteiger partial charge >= 0.3 is 0 Å². The number of ether oxygens (including phenoxy) is 2. The lowest BCUT2D eigenvalue weighted by Gasteiger charge is -2.31. The summed E-state index contributed by atoms with van der Waals surface area (Å²) in [5.41, 5.74) is 1.29. The van der Waals surface area contributed by atoms with Crippen molar-refractivity contribution in [1.29, 1.82) is 0 Å². The van der Waals surface area contributed by atoms with Crippen molar-refractivity contribution in [2.75, 3.05) is 30.3 Å². The van der Waals surface area contributed by atoms with Gasteiger partial charge in [-0.1, -0.05) is 43.0 Å². The van der Waals surface area contributed by atoms with Gasteiger partial charge in [-0.2, -0.15) is 0 Å². The summed E-state index contributed by atoms with van der Waals surface area (Å²) < 4.78 is 37.7. The molecule has 2 amide bonds. The van der Waals surface area contributed by atoms with Crippen molar-refractivity contribution in [3.63, 3.8) is 0 Å². The zero-order valence-electron chi connectivity index (χ0n) is 23.1. The topological polar surface area (TPSA) is 105 Å². The molecule has 2 aromatic rings. The van der Waals surface area contributed by atoms with Gasteiger partial charge in [-0.25, -0.2) is 8.42 Å². The Labute approximate surface area is 241 Å². The number of hydrogen-bond acceptors (Lipinski definition) is 6. The molecule has 0 unspecified atom stereocenters. The predicted octanol–water partition coefficient (Wildman–Crippen LogP) is 4.52. The highest BCUT2D eigenvalue weighted by Gasteiger charge is 2.28. The van der Waals surface area contributed by atoms with Crippen molar-refractivity contribution < 1.29 is 27.5 Å². The fourth-order valence-corrected chi connectivity index (χ4v) is 6.21. The Morgan fingerprint density at radius 3 is 2.38 bits per heavy atom. The summed E-state index contributed by atoms with van der Waals surface area (Å²) in [6, 6.07) is 11.6. The van der Waals surface area contributed by atoms with E-state index >= 15 is 0 Å². The summed E-state index contributed by atoms with van der Waals surface area (Å²) >= 11 is 6.04. The van der Waals surface area contributed by atoms with E-state index in [9.17, 15) is 18.0 Å². The smallest absolute Gasteiger partial charge is 0.242 e. The number of carbonyl (C=O) groups excluding carboxylic acids is 2. The summed E-state index contributed by atoms with van der Waals surface area (Å²) in [6.45, 7) is 2.91. The molecule has 1 aliphatic carbocycles. The zero-order valence-corrected chi connectivity index (χ0v) is 24.7. The third-order valence-electron chi connectivity index (χ3n) is 7.35. The monoisotopic (exact) mass is 591 g/mol. The molecule has 1 fully saturated rings. The maximum Gasteiger partial charge on any atom is 0.242 e. The number of nitrogens with zero attached hydrogens (tertiary/aromatic N) is 2. The summed E-state index contributed by atoms with van der Waals surface area (Å²) in [5.74, 6) is 0.650. The molecule has 1 aliphatic heterocycles. The minimum Gasteiger partial charge on any atom is -0.486 e. The molecule has 1 N–H and O–H groups in total. The van der Waals surface area contributed by atoms with Crippen molar-refractivity contribution in [3.8, 4) is 11.5 Å². The van der Waals surface area contributed by atoms with E-state index in [1.165, 1.54) is 10.7 Å². The summed E-state index contributed by atoms with van der Waals surface area (Å²) in [6.07, 6.45) is 6.74. The highest BCUT2D eigenvalue weighted by atomic mass is 35.5. The second-order valence-corrected chi connectivity index (χ2v) is 12.8. The van der Waals surface area contributed by atoms with E-state index in [0.717, 1.165) is 37.5 Å². The first-order chi connectivity index (χ1) is 19.1. The van der Waals surface area contributed by atoms with Gasteiger partial charge in [0.05, 0.1) is 11.9 Å². The van der Waals surface area contributed by atoms with Crippen LogP contribution in [0.4, 0.5) is 5.69 Å². The third kappa shape index (κ3) is 8.04. The van der Waals surface area contributed by atoms with E-state index < -0.39 is 16.1 Å². The van der Waals surface area contributed by atoms with E-state index in [2.05, 4.69) is 5.32 Å². The first kappa shape index (κ1) is 30.0. The van der Waals surface area contributed by atoms with Crippen LogP contribution in [-0.2, 0) is 26.2 Å². The Bertz CT molecular complexity index is 1280. The van der Waals surface area contributed by atoms with Crippen LogP contribution in [0.1, 0.15) is 57.4 Å². The van der Waals surface area contributed by atoms with Crippen LogP contribution in [0.3, 0.4) is 0 Å². The lowest BCUT2D eigenvalue weighted by Crippen LogP contribution is -2.50. The van der Waals surface area contributed by atoms with Gasteiger partial charge in [-0.3, -0.25) is 13.9 Å². The largest absolute Gasteiger partial charge is 0.486 e. The Hall–Kier alpha value is -2.98. The summed E-state index contributed by atoms with van der Waals surface area (Å²) in [4.78, 5) is 28.3. The Morgan fingerprint density at radius 2 is 1.70 bits per heavy atom. The molecule has 1 atom stereocenters. The lowest BCUT2D eigenvalue weighted by atomic mass is 9.95. The lowest BCUT2D eigenvalue weighted by molar-refractivity contribution is -0.141. The van der Waals surface area contributed by atoms with Crippen LogP contribution in [0.2, 0.25) is 5.02 Å². The minimum absolute atomic E-state index is 0.0746. The van der Waals surface area contributed by atoms with Gasteiger partial charge in [0.2, 0.25) is 21.8 Å². The number of sulfonamides is 1. The number of halogens is 1. The molecule has 0 spiro atoms. The molecular weight excluding hydrogens is 554 g/mol. The zero-order chi connectivity index (χ0) is 28.7. The molecule has 2 aromatic carbocycles. The highest BCUT2D eigenvalue weighted by molar-refractivity contribution is 7.92. The van der Waals surface area contributed by atoms with E-state index in [1.807, 2.05) is 12.1 Å². The number of nitrogens with one attached hydrogen (secondary N) is 1. The second kappa shape index (κ2) is 13.6. The number of anilines is 1. The number of fused-ring (bicyclic) bond motifs is 1. The molecular formula is C29H38ClN3O6S. The van der Waals surface area contributed by atoms with Crippen molar-refractivity contribution in [2.45, 2.75) is 70.5 Å². The van der Waals surface area contributed by atoms with Gasteiger partial charge in [0.25, 0.3) is 0 Å². The van der Waals surface area contributed by atoms with Crippen molar-refractivity contribution in [3.05, 3.63) is 53.1 Å². The first-order valence-electron chi connectivity index (χ1n) is 13.8. The van der Waals surface area contributed by atoms with Crippen LogP contribution in [0.5, 0.6) is 11.5 Å². The van der Waals surface area contributed by atoms with Gasteiger partial charge < -0.3 is 19.7 Å². The first-order valence-corrected chi connectivity index (χ1v) is 16.1. The van der Waals surface area contributed by atoms with Crippen LogP contribution in [0.15, 0.2) is 42.5 Å². The number of hydrogen-bond donors (Lipinski definition) is 1. The molecule has 0 aromatic heterocycles. The maximum absolute atomic E-state index is 13.5. The third-order valence-corrected chi connectivity index (χ3v) is 8.80. The number of rotatable bonds is 11. The summed E-state index contributed by atoms with van der Waals surface area (Å²) in [5, 5.41) is 3.71. The molecule has 1 heterocycles. The number of benzene rings is 2. The molecule has 11 heteroatoms. The molecule has 9 nitrogen and oxygen atoms in total. The SMILES string of the molecule is C[C@H](C(=O)NC1CCCCC1)N(Cc1ccc(Cl)cc1)C(=O)CCCN(c1ccc2c(c1)OCCO2)S(C)(=O)=O. The van der Waals surface area contributed by atoms with Gasteiger partial charge in [-0.05, 0) is 56.0 Å². The number of carbonyl (C=O) groups is 2. The Morgan fingerprint density at radius 1 is 1.02 bits per heavy atom. The van der Waals surface area contributed by atoms with E-state index in [4.69, 9.17) is 21.1 Å². The average molecular weight is 592 g/mol. The predicted molar refractivity (Wildman–Crippen MR) is 155 cm³/mol. The van der Waals surface area contributed by atoms with Crippen LogP contribution in [0, 0.1) is 0 Å². The van der Waals surface area contributed by atoms with Crippen LogP contribution in [0.25, 0.3) is 0 Å². The molecule has 4 rings (SSSR count). The van der Waals surface area contributed by atoms with E-state index in [1.54, 1.807) is 42.2 Å². The van der Waals surface area contributed by atoms with Gasteiger partial charge in [0.1, 0.15) is 19.3 Å². The second-order valence-electron chi connectivity index (χ2n) is 10.4. The van der Waals surface area contributed by atoms with Crippen molar-refractivity contribution in [2.24, 2.45) is 0 Å². The number of amides is 2.